The maximum absolute atomic E-state index is 5.50. The Morgan fingerprint density at radius 1 is 1.33 bits per heavy atom. The molecule has 2 aromatic heterocycles. The van der Waals surface area contributed by atoms with Gasteiger partial charge in [0.05, 0.1) is 0 Å². The minimum Gasteiger partial charge on any atom is -0.326 e. The summed E-state index contributed by atoms with van der Waals surface area (Å²) in [4.78, 5) is 8.49. The van der Waals surface area contributed by atoms with E-state index in [9.17, 15) is 0 Å². The Kier molecular flexibility index (Phi) is 2.47. The van der Waals surface area contributed by atoms with E-state index in [0.29, 0.717) is 6.54 Å². The van der Waals surface area contributed by atoms with Crippen molar-refractivity contribution in [3.8, 4) is 5.82 Å². The monoisotopic (exact) mass is 203 g/mol. The van der Waals surface area contributed by atoms with E-state index in [1.807, 2.05) is 26.0 Å². The lowest BCUT2D eigenvalue weighted by Gasteiger charge is -2.02. The Balaban J connectivity index is 2.41. The molecule has 0 fully saturated rings. The molecular formula is C10H13N5. The summed E-state index contributed by atoms with van der Waals surface area (Å²) in [5, 5.41) is 4.25. The van der Waals surface area contributed by atoms with Gasteiger partial charge in [0, 0.05) is 12.7 Å². The molecule has 2 N–H and O–H groups in total. The first-order valence-corrected chi connectivity index (χ1v) is 4.76. The summed E-state index contributed by atoms with van der Waals surface area (Å²) < 4.78 is 1.72. The molecule has 5 nitrogen and oxygen atoms in total. The van der Waals surface area contributed by atoms with Gasteiger partial charge in [0.15, 0.2) is 5.82 Å². The molecule has 2 rings (SSSR count). The Labute approximate surface area is 88.0 Å². The van der Waals surface area contributed by atoms with Gasteiger partial charge in [-0.05, 0) is 25.5 Å². The second kappa shape index (κ2) is 3.78. The van der Waals surface area contributed by atoms with Crippen molar-refractivity contribution in [2.75, 3.05) is 0 Å². The molecule has 2 heterocycles. The lowest BCUT2D eigenvalue weighted by Crippen LogP contribution is -2.03. The van der Waals surface area contributed by atoms with Gasteiger partial charge in [-0.1, -0.05) is 6.07 Å². The molecule has 0 aromatic carbocycles. The van der Waals surface area contributed by atoms with Crippen LogP contribution in [0.3, 0.4) is 0 Å². The average molecular weight is 203 g/mol. The highest BCUT2D eigenvalue weighted by Crippen LogP contribution is 2.07. The first kappa shape index (κ1) is 9.79. The maximum Gasteiger partial charge on any atom is 0.155 e. The predicted octanol–water partition coefficient (Wildman–Crippen LogP) is 0.738. The minimum absolute atomic E-state index is 0.503. The van der Waals surface area contributed by atoms with Crippen LogP contribution in [0.4, 0.5) is 0 Å². The number of nitrogens with two attached hydrogens (primary N) is 1. The maximum atomic E-state index is 5.50. The van der Waals surface area contributed by atoms with Gasteiger partial charge in [-0.2, -0.15) is 4.68 Å². The number of hydrogen-bond donors (Lipinski definition) is 1. The first-order chi connectivity index (χ1) is 7.20. The van der Waals surface area contributed by atoms with Crippen molar-refractivity contribution >= 4 is 0 Å². The molecule has 0 saturated heterocycles. The van der Waals surface area contributed by atoms with E-state index in [1.54, 1.807) is 10.9 Å². The number of rotatable bonds is 2. The van der Waals surface area contributed by atoms with Gasteiger partial charge in [-0.15, -0.1) is 5.10 Å². The number of aromatic nitrogens is 4. The number of hydrogen-bond acceptors (Lipinski definition) is 4. The number of nitrogens with zero attached hydrogens (tertiary/aromatic N) is 4. The van der Waals surface area contributed by atoms with Crippen molar-refractivity contribution in [3.05, 3.63) is 35.5 Å². The summed E-state index contributed by atoms with van der Waals surface area (Å²) in [5.41, 5.74) is 6.51. The third-order valence-electron chi connectivity index (χ3n) is 2.14. The zero-order valence-corrected chi connectivity index (χ0v) is 8.81. The molecule has 0 aliphatic carbocycles. The van der Waals surface area contributed by atoms with Crippen molar-refractivity contribution in [1.82, 2.24) is 19.7 Å². The van der Waals surface area contributed by atoms with Gasteiger partial charge < -0.3 is 5.73 Å². The standard InChI is InChI=1S/C10H13N5/c1-7-13-8(2)15(14-7)10-4-3-9(5-11)6-12-10/h3-4,6H,5,11H2,1-2H3. The highest BCUT2D eigenvalue weighted by molar-refractivity contribution is 5.25. The first-order valence-electron chi connectivity index (χ1n) is 4.76. The summed E-state index contributed by atoms with van der Waals surface area (Å²) in [6.07, 6.45) is 1.76. The van der Waals surface area contributed by atoms with E-state index < -0.39 is 0 Å². The molecule has 2 aromatic rings. The molecule has 0 atom stereocenters. The fourth-order valence-corrected chi connectivity index (χ4v) is 1.40. The van der Waals surface area contributed by atoms with Gasteiger partial charge in [0.25, 0.3) is 0 Å². The summed E-state index contributed by atoms with van der Waals surface area (Å²) in [6, 6.07) is 3.84. The summed E-state index contributed by atoms with van der Waals surface area (Å²) >= 11 is 0. The van der Waals surface area contributed by atoms with Crippen molar-refractivity contribution in [2.45, 2.75) is 20.4 Å². The van der Waals surface area contributed by atoms with Gasteiger partial charge in [-0.3, -0.25) is 0 Å². The molecule has 0 saturated carbocycles. The van der Waals surface area contributed by atoms with Crippen molar-refractivity contribution in [2.24, 2.45) is 5.73 Å². The van der Waals surface area contributed by atoms with Gasteiger partial charge in [-0.25, -0.2) is 9.97 Å². The average Bonchev–Trinajstić information content (AvgIpc) is 2.58. The van der Waals surface area contributed by atoms with Crippen LogP contribution in [-0.2, 0) is 6.54 Å². The molecule has 0 bridgehead atoms. The third kappa shape index (κ3) is 1.87. The van der Waals surface area contributed by atoms with Gasteiger partial charge in [0.1, 0.15) is 11.6 Å². The van der Waals surface area contributed by atoms with Crippen LogP contribution in [-0.4, -0.2) is 19.7 Å². The largest absolute Gasteiger partial charge is 0.326 e. The van der Waals surface area contributed by atoms with Crippen LogP contribution in [0.5, 0.6) is 0 Å². The van der Waals surface area contributed by atoms with Crippen molar-refractivity contribution < 1.29 is 0 Å². The van der Waals surface area contributed by atoms with Crippen LogP contribution >= 0.6 is 0 Å². The van der Waals surface area contributed by atoms with E-state index in [-0.39, 0.29) is 0 Å². The normalized spacial score (nSPS) is 10.6. The zero-order chi connectivity index (χ0) is 10.8. The SMILES string of the molecule is Cc1nc(C)n(-c2ccc(CN)cn2)n1. The van der Waals surface area contributed by atoms with E-state index in [0.717, 1.165) is 23.0 Å². The second-order valence-corrected chi connectivity index (χ2v) is 3.35. The molecule has 0 radical (unpaired) electrons. The third-order valence-corrected chi connectivity index (χ3v) is 2.14. The predicted molar refractivity (Wildman–Crippen MR) is 56.5 cm³/mol. The molecular weight excluding hydrogens is 190 g/mol. The molecule has 0 aliphatic rings. The second-order valence-electron chi connectivity index (χ2n) is 3.35. The topological polar surface area (TPSA) is 69.6 Å². The Hall–Kier alpha value is -1.75. The number of pyridine rings is 1. The van der Waals surface area contributed by atoms with E-state index >= 15 is 0 Å². The summed E-state index contributed by atoms with van der Waals surface area (Å²) in [7, 11) is 0. The smallest absolute Gasteiger partial charge is 0.155 e. The quantitative estimate of drug-likeness (QED) is 0.781. The zero-order valence-electron chi connectivity index (χ0n) is 8.81. The molecule has 15 heavy (non-hydrogen) atoms. The molecule has 0 amide bonds. The highest BCUT2D eigenvalue weighted by Gasteiger charge is 2.05. The minimum atomic E-state index is 0.503. The fourth-order valence-electron chi connectivity index (χ4n) is 1.40. The Morgan fingerprint density at radius 3 is 2.60 bits per heavy atom. The molecule has 78 valence electrons. The lowest BCUT2D eigenvalue weighted by atomic mass is 10.3. The van der Waals surface area contributed by atoms with Crippen LogP contribution in [0.15, 0.2) is 18.3 Å². The molecule has 0 spiro atoms. The van der Waals surface area contributed by atoms with E-state index in [1.165, 1.54) is 0 Å². The summed E-state index contributed by atoms with van der Waals surface area (Å²) in [6.45, 7) is 4.26. The van der Waals surface area contributed by atoms with E-state index in [2.05, 4.69) is 15.1 Å². The fraction of sp³-hybridized carbons (Fsp3) is 0.300. The Morgan fingerprint density at radius 2 is 2.13 bits per heavy atom. The van der Waals surface area contributed by atoms with Gasteiger partial charge in [0.2, 0.25) is 0 Å². The van der Waals surface area contributed by atoms with Crippen LogP contribution < -0.4 is 5.73 Å². The van der Waals surface area contributed by atoms with Crippen LogP contribution in [0.1, 0.15) is 17.2 Å². The van der Waals surface area contributed by atoms with Gasteiger partial charge >= 0.3 is 0 Å². The highest BCUT2D eigenvalue weighted by atomic mass is 15.4. The van der Waals surface area contributed by atoms with Crippen LogP contribution in [0.2, 0.25) is 0 Å². The van der Waals surface area contributed by atoms with Crippen molar-refractivity contribution in [1.29, 1.82) is 0 Å². The van der Waals surface area contributed by atoms with Crippen molar-refractivity contribution in [3.63, 3.8) is 0 Å². The number of aryl methyl sites for hydroxylation is 2. The molecule has 0 aliphatic heterocycles. The summed E-state index contributed by atoms with van der Waals surface area (Å²) in [5.74, 6) is 2.35. The lowest BCUT2D eigenvalue weighted by molar-refractivity contribution is 0.801. The molecule has 5 heteroatoms. The van der Waals surface area contributed by atoms with Crippen LogP contribution in [0, 0.1) is 13.8 Å². The Bertz CT molecular complexity index is 457. The molecule has 0 unspecified atom stereocenters. The van der Waals surface area contributed by atoms with E-state index in [4.69, 9.17) is 5.73 Å². The van der Waals surface area contributed by atoms with Crippen LogP contribution in [0.25, 0.3) is 5.82 Å².